The Labute approximate surface area is 311 Å². The SMILES string of the molecule is c1ccc2c(-c3ccc(-c4nc(-n5c6ccccc6c6c7ccccc7c7sc8ccccc8c7c65)nc5c4sc4ccccc45)cc3)cccc2c1. The molecule has 53 heavy (non-hydrogen) atoms. The lowest BCUT2D eigenvalue weighted by Gasteiger charge is -2.12. The van der Waals surface area contributed by atoms with Gasteiger partial charge in [0.2, 0.25) is 5.95 Å². The van der Waals surface area contributed by atoms with Crippen molar-refractivity contribution in [2.45, 2.75) is 0 Å². The fraction of sp³-hybridized carbons (Fsp3) is 0. The van der Waals surface area contributed by atoms with Crippen LogP contribution >= 0.6 is 22.7 Å². The number of aromatic nitrogens is 3. The van der Waals surface area contributed by atoms with Crippen LogP contribution in [0.2, 0.25) is 0 Å². The number of thiophene rings is 2. The third-order valence-corrected chi connectivity index (χ3v) is 13.2. The molecule has 0 aliphatic carbocycles. The molecular formula is C48H27N3S2. The Bertz CT molecular complexity index is 3450. The maximum atomic E-state index is 5.58. The number of hydrogen-bond donors (Lipinski definition) is 0. The summed E-state index contributed by atoms with van der Waals surface area (Å²) >= 11 is 3.65. The molecule has 0 saturated heterocycles. The molecule has 0 saturated carbocycles. The van der Waals surface area contributed by atoms with Gasteiger partial charge in [0.25, 0.3) is 0 Å². The molecular weight excluding hydrogens is 683 g/mol. The standard InChI is InChI=1S/C48H27N3S2/c1-2-14-31-28(12-1)13-11-20-32(31)29-24-26-30(27-25-29)43-47-44(37-19-7-10-23-40(37)53-47)50-48(49-43)51-38-21-8-5-17-35(38)41-33-15-3-4-16-34(33)46-42(45(41)51)36-18-6-9-22-39(36)52-46/h1-27H. The molecule has 3 nitrogen and oxygen atoms in total. The highest BCUT2D eigenvalue weighted by atomic mass is 32.1. The molecule has 0 spiro atoms. The highest BCUT2D eigenvalue weighted by Gasteiger charge is 2.24. The predicted molar refractivity (Wildman–Crippen MR) is 228 cm³/mol. The van der Waals surface area contributed by atoms with Gasteiger partial charge in [-0.25, -0.2) is 9.97 Å². The minimum absolute atomic E-state index is 0.687. The summed E-state index contributed by atoms with van der Waals surface area (Å²) in [6.45, 7) is 0. The molecule has 4 aromatic heterocycles. The lowest BCUT2D eigenvalue weighted by molar-refractivity contribution is 1.02. The Balaban J connectivity index is 1.19. The highest BCUT2D eigenvalue weighted by Crippen LogP contribution is 2.48. The molecule has 0 unspecified atom stereocenters. The molecule has 8 aromatic carbocycles. The Morgan fingerprint density at radius 1 is 0.415 bits per heavy atom. The topological polar surface area (TPSA) is 30.7 Å². The van der Waals surface area contributed by atoms with Gasteiger partial charge in [0.15, 0.2) is 0 Å². The summed E-state index contributed by atoms with van der Waals surface area (Å²) in [5, 5.41) is 11.2. The smallest absolute Gasteiger partial charge is 0.235 e. The van der Waals surface area contributed by atoms with E-state index in [1.807, 2.05) is 11.3 Å². The second-order valence-electron chi connectivity index (χ2n) is 13.7. The normalized spacial score (nSPS) is 12.2. The Kier molecular flexibility index (Phi) is 6.09. The summed E-state index contributed by atoms with van der Waals surface area (Å²) in [6, 6.07) is 59.2. The van der Waals surface area contributed by atoms with E-state index in [-0.39, 0.29) is 0 Å². The van der Waals surface area contributed by atoms with Crippen molar-refractivity contribution < 1.29 is 0 Å². The third-order valence-electron chi connectivity index (χ3n) is 10.8. The average molecular weight is 710 g/mol. The first-order valence-corrected chi connectivity index (χ1v) is 19.5. The van der Waals surface area contributed by atoms with E-state index >= 15 is 0 Å². The maximum absolute atomic E-state index is 5.58. The van der Waals surface area contributed by atoms with Gasteiger partial charge in [0.05, 0.1) is 26.9 Å². The molecule has 4 heterocycles. The van der Waals surface area contributed by atoms with Crippen LogP contribution in [0.15, 0.2) is 164 Å². The molecule has 0 amide bonds. The van der Waals surface area contributed by atoms with E-state index in [0.29, 0.717) is 5.95 Å². The van der Waals surface area contributed by atoms with E-state index in [9.17, 15) is 0 Å². The minimum Gasteiger partial charge on any atom is -0.277 e. The summed E-state index contributed by atoms with van der Waals surface area (Å²) in [4.78, 5) is 11.1. The molecule has 12 aromatic rings. The van der Waals surface area contributed by atoms with Crippen LogP contribution < -0.4 is 0 Å². The highest BCUT2D eigenvalue weighted by molar-refractivity contribution is 7.27. The number of rotatable bonds is 3. The number of para-hydroxylation sites is 1. The van der Waals surface area contributed by atoms with Gasteiger partial charge in [-0.3, -0.25) is 4.57 Å². The molecule has 0 N–H and O–H groups in total. The lowest BCUT2D eigenvalue weighted by Crippen LogP contribution is -2.03. The van der Waals surface area contributed by atoms with Crippen molar-refractivity contribution >= 4 is 106 Å². The van der Waals surface area contributed by atoms with Gasteiger partial charge in [0, 0.05) is 52.0 Å². The molecule has 0 aliphatic rings. The molecule has 0 fully saturated rings. The number of fused-ring (bicyclic) bond motifs is 14. The summed E-state index contributed by atoms with van der Waals surface area (Å²) in [6.07, 6.45) is 0. The van der Waals surface area contributed by atoms with E-state index in [2.05, 4.69) is 168 Å². The maximum Gasteiger partial charge on any atom is 0.235 e. The fourth-order valence-electron chi connectivity index (χ4n) is 8.49. The van der Waals surface area contributed by atoms with Crippen LogP contribution in [0.5, 0.6) is 0 Å². The Morgan fingerprint density at radius 3 is 1.85 bits per heavy atom. The molecule has 0 atom stereocenters. The van der Waals surface area contributed by atoms with Crippen molar-refractivity contribution in [2.24, 2.45) is 0 Å². The molecule has 5 heteroatoms. The first kappa shape index (κ1) is 29.2. The van der Waals surface area contributed by atoms with Crippen molar-refractivity contribution in [2.75, 3.05) is 0 Å². The molecule has 0 radical (unpaired) electrons. The van der Waals surface area contributed by atoms with Crippen molar-refractivity contribution in [1.29, 1.82) is 0 Å². The van der Waals surface area contributed by atoms with Gasteiger partial charge in [-0.15, -0.1) is 22.7 Å². The molecule has 246 valence electrons. The first-order chi connectivity index (χ1) is 26.3. The molecule has 0 aliphatic heterocycles. The van der Waals surface area contributed by atoms with E-state index < -0.39 is 0 Å². The zero-order chi connectivity index (χ0) is 34.6. The van der Waals surface area contributed by atoms with Crippen molar-refractivity contribution in [3.8, 4) is 28.3 Å². The zero-order valence-corrected chi connectivity index (χ0v) is 29.9. The van der Waals surface area contributed by atoms with E-state index in [1.165, 1.54) is 68.3 Å². The van der Waals surface area contributed by atoms with Gasteiger partial charge in [-0.1, -0.05) is 146 Å². The summed E-state index contributed by atoms with van der Waals surface area (Å²) < 4.78 is 7.24. The van der Waals surface area contributed by atoms with Crippen LogP contribution in [0.3, 0.4) is 0 Å². The van der Waals surface area contributed by atoms with Crippen LogP contribution in [-0.2, 0) is 0 Å². The Morgan fingerprint density at radius 2 is 1.02 bits per heavy atom. The monoisotopic (exact) mass is 709 g/mol. The molecule has 12 rings (SSSR count). The summed E-state index contributed by atoms with van der Waals surface area (Å²) in [5.74, 6) is 0.687. The van der Waals surface area contributed by atoms with Crippen LogP contribution in [0.1, 0.15) is 0 Å². The van der Waals surface area contributed by atoms with Crippen molar-refractivity contribution in [1.82, 2.24) is 14.5 Å². The zero-order valence-electron chi connectivity index (χ0n) is 28.2. The number of nitrogens with zero attached hydrogens (tertiary/aromatic N) is 3. The van der Waals surface area contributed by atoms with E-state index in [1.54, 1.807) is 11.3 Å². The third kappa shape index (κ3) is 4.15. The van der Waals surface area contributed by atoms with Gasteiger partial charge >= 0.3 is 0 Å². The predicted octanol–water partition coefficient (Wildman–Crippen LogP) is 13.9. The second kappa shape index (κ2) is 11.1. The summed E-state index contributed by atoms with van der Waals surface area (Å²) in [5.41, 5.74) is 7.70. The van der Waals surface area contributed by atoms with Crippen LogP contribution in [0, 0.1) is 0 Å². The Hall–Kier alpha value is -6.40. The minimum atomic E-state index is 0.687. The largest absolute Gasteiger partial charge is 0.277 e. The van der Waals surface area contributed by atoms with Gasteiger partial charge in [-0.05, 0) is 45.5 Å². The van der Waals surface area contributed by atoms with Crippen LogP contribution in [-0.4, -0.2) is 14.5 Å². The average Bonchev–Trinajstić information content (AvgIpc) is 3.91. The van der Waals surface area contributed by atoms with Crippen molar-refractivity contribution in [3.05, 3.63) is 164 Å². The fourth-order valence-corrected chi connectivity index (χ4v) is 10.9. The number of hydrogen-bond acceptors (Lipinski definition) is 4. The van der Waals surface area contributed by atoms with Gasteiger partial charge in [0.1, 0.15) is 0 Å². The van der Waals surface area contributed by atoms with Crippen LogP contribution in [0.4, 0.5) is 0 Å². The van der Waals surface area contributed by atoms with Crippen molar-refractivity contribution in [3.63, 3.8) is 0 Å². The number of benzene rings is 8. The van der Waals surface area contributed by atoms with E-state index in [4.69, 9.17) is 9.97 Å². The second-order valence-corrected chi connectivity index (χ2v) is 15.8. The quantitative estimate of drug-likeness (QED) is 0.183. The van der Waals surface area contributed by atoms with Gasteiger partial charge in [-0.2, -0.15) is 0 Å². The van der Waals surface area contributed by atoms with E-state index in [0.717, 1.165) is 37.9 Å². The molecule has 0 bridgehead atoms. The van der Waals surface area contributed by atoms with Gasteiger partial charge < -0.3 is 0 Å². The van der Waals surface area contributed by atoms with Crippen LogP contribution in [0.25, 0.3) is 112 Å². The summed E-state index contributed by atoms with van der Waals surface area (Å²) in [7, 11) is 0. The first-order valence-electron chi connectivity index (χ1n) is 17.8. The lowest BCUT2D eigenvalue weighted by atomic mass is 9.97.